The number of pyridine rings is 2. The number of aryl methyl sites for hydroxylation is 2. The van der Waals surface area contributed by atoms with Gasteiger partial charge in [0.15, 0.2) is 0 Å². The van der Waals surface area contributed by atoms with E-state index in [1.54, 1.807) is 33.9 Å². The number of aromatic nitrogens is 6. The van der Waals surface area contributed by atoms with Crippen LogP contribution in [0.1, 0.15) is 82.1 Å². The third-order valence-corrected chi connectivity index (χ3v) is 13.1. The summed E-state index contributed by atoms with van der Waals surface area (Å²) in [4.78, 5) is 57.9. The van der Waals surface area contributed by atoms with Crippen molar-refractivity contribution in [1.29, 1.82) is 0 Å². The Hall–Kier alpha value is -10.7. The van der Waals surface area contributed by atoms with E-state index >= 15 is 0 Å². The molecular formula is C66H69N13O6. The van der Waals surface area contributed by atoms with Crippen LogP contribution in [0.2, 0.25) is 0 Å². The van der Waals surface area contributed by atoms with E-state index in [4.69, 9.17) is 30.2 Å². The summed E-state index contributed by atoms with van der Waals surface area (Å²) in [5.74, 6) is 3.26. The van der Waals surface area contributed by atoms with Gasteiger partial charge in [0.25, 0.3) is 0 Å². The summed E-state index contributed by atoms with van der Waals surface area (Å²) in [6.07, 6.45) is 4.59. The third kappa shape index (κ3) is 16.1. The Morgan fingerprint density at radius 2 is 0.953 bits per heavy atom. The third-order valence-electron chi connectivity index (χ3n) is 13.1. The van der Waals surface area contributed by atoms with Gasteiger partial charge in [0.2, 0.25) is 12.0 Å². The van der Waals surface area contributed by atoms with E-state index in [0.717, 1.165) is 66.6 Å². The van der Waals surface area contributed by atoms with Crippen molar-refractivity contribution in [3.63, 3.8) is 0 Å². The van der Waals surface area contributed by atoms with Crippen molar-refractivity contribution in [3.8, 4) is 22.9 Å². The monoisotopic (exact) mass is 1140 g/mol. The number of hydrogen-bond donors (Lipinski definition) is 6. The largest absolute Gasteiger partial charge is 0.488 e. The van der Waals surface area contributed by atoms with Crippen LogP contribution >= 0.6 is 0 Å². The Kier molecular flexibility index (Phi) is 19.2. The maximum absolute atomic E-state index is 13.3. The van der Waals surface area contributed by atoms with Gasteiger partial charge < -0.3 is 31.2 Å². The van der Waals surface area contributed by atoms with E-state index in [0.29, 0.717) is 52.8 Å². The number of urea groups is 2. The van der Waals surface area contributed by atoms with Gasteiger partial charge in [-0.3, -0.25) is 15.4 Å². The second kappa shape index (κ2) is 27.0. The van der Waals surface area contributed by atoms with E-state index < -0.39 is 0 Å². The van der Waals surface area contributed by atoms with Gasteiger partial charge in [0.05, 0.1) is 34.1 Å². The molecule has 0 bridgehead atoms. The molecule has 19 heteroatoms. The van der Waals surface area contributed by atoms with E-state index in [-0.39, 0.29) is 35.4 Å². The predicted molar refractivity (Wildman–Crippen MR) is 337 cm³/mol. The highest BCUT2D eigenvalue weighted by atomic mass is 16.5. The molecule has 4 aromatic heterocycles. The maximum atomic E-state index is 13.3. The number of anilines is 6. The first-order chi connectivity index (χ1) is 40.6. The van der Waals surface area contributed by atoms with Gasteiger partial charge >= 0.3 is 12.1 Å². The van der Waals surface area contributed by atoms with Crippen molar-refractivity contribution in [2.45, 2.75) is 86.4 Å². The maximum Gasteiger partial charge on any atom is 0.324 e. The van der Waals surface area contributed by atoms with E-state index in [2.05, 4.69) is 83.1 Å². The number of hydrogen-bond acceptors (Lipinski definition) is 12. The molecule has 10 rings (SSSR count). The van der Waals surface area contributed by atoms with Gasteiger partial charge in [-0.1, -0.05) is 125 Å². The molecule has 4 heterocycles. The standard InChI is InChI=1S/C33H34N6O3.C31H32N6O2.C2H3NO/c1-21-10-12-24(13-11-21)39-31(19-29(38-39)33(3,4)5)37-32(41)36-27-14-15-28(26-9-7-6-8-25(26)27)42-20-23-16-17-34-30(18-23)35-22(2)40;1-20-9-11-22(12-10-20)37-29(18-27(36-37)31(2,3)4)35-30(38)34-25-13-14-26(24-8-6-5-7-23(24)25)39-19-21-15-16-33-28(32)17-21;1-3-2-4/h6-19H,20H2,1-5H3,(H,34,35,40)(H2,36,37,41);5-18H,19H2,1-4H3,(H2,32,33)(H2,34,35,38);1H3. The Balaban J connectivity index is 0.000000209. The first kappa shape index (κ1) is 60.4. The summed E-state index contributed by atoms with van der Waals surface area (Å²) in [7, 11) is 1.38. The van der Waals surface area contributed by atoms with E-state index in [9.17, 15) is 14.4 Å². The number of carbonyl (C=O) groups excluding carboxylic acids is 4. The Labute approximate surface area is 493 Å². The molecule has 0 saturated carbocycles. The molecule has 0 aliphatic carbocycles. The smallest absolute Gasteiger partial charge is 0.324 e. The van der Waals surface area contributed by atoms with E-state index in [1.807, 2.05) is 159 Å². The zero-order valence-electron chi connectivity index (χ0n) is 49.2. The minimum Gasteiger partial charge on any atom is -0.488 e. The number of carbonyl (C=O) groups is 3. The Morgan fingerprint density at radius 3 is 1.35 bits per heavy atom. The topological polar surface area (TPSA) is 247 Å². The minimum atomic E-state index is -0.384. The molecule has 0 aliphatic rings. The van der Waals surface area contributed by atoms with E-state index in [1.165, 1.54) is 20.1 Å². The number of rotatable bonds is 13. The molecule has 0 aliphatic heterocycles. The summed E-state index contributed by atoms with van der Waals surface area (Å²) in [6.45, 7) is 18.7. The molecule has 85 heavy (non-hydrogen) atoms. The van der Waals surface area contributed by atoms with Gasteiger partial charge in [-0.05, 0) is 97.8 Å². The molecule has 0 saturated heterocycles. The number of isocyanates is 1. The fraction of sp³-hybridized carbons (Fsp3) is 0.212. The second-order valence-corrected chi connectivity index (χ2v) is 22.0. The number of nitrogens with zero attached hydrogens (tertiary/aromatic N) is 7. The lowest BCUT2D eigenvalue weighted by molar-refractivity contribution is -0.114. The first-order valence-corrected chi connectivity index (χ1v) is 27.3. The molecule has 0 fully saturated rings. The molecule has 5 amide bonds. The summed E-state index contributed by atoms with van der Waals surface area (Å²) in [5, 5.41) is 27.7. The molecule has 19 nitrogen and oxygen atoms in total. The number of aliphatic imine (C=N–C) groups is 1. The molecule has 7 N–H and O–H groups in total. The van der Waals surface area contributed by atoms with Crippen molar-refractivity contribution in [3.05, 3.63) is 204 Å². The van der Waals surface area contributed by atoms with Gasteiger partial charge in [-0.15, -0.1) is 0 Å². The number of nitrogens with one attached hydrogen (secondary N) is 5. The fourth-order valence-corrected chi connectivity index (χ4v) is 8.71. The van der Waals surface area contributed by atoms with Crippen molar-refractivity contribution >= 4 is 80.2 Å². The van der Waals surface area contributed by atoms with Crippen LogP contribution in [0, 0.1) is 13.8 Å². The molecular weight excluding hydrogens is 1070 g/mol. The van der Waals surface area contributed by atoms with Gasteiger partial charge in [-0.25, -0.2) is 38.7 Å². The summed E-state index contributed by atoms with van der Waals surface area (Å²) in [5.41, 5.74) is 14.3. The highest BCUT2D eigenvalue weighted by molar-refractivity contribution is 6.08. The second-order valence-electron chi connectivity index (χ2n) is 22.0. The molecule has 6 aromatic carbocycles. The highest BCUT2D eigenvalue weighted by Gasteiger charge is 2.24. The van der Waals surface area contributed by atoms with Crippen LogP contribution in [0.25, 0.3) is 32.9 Å². The average molecular weight is 1140 g/mol. The number of fused-ring (bicyclic) bond motifs is 2. The molecule has 0 atom stereocenters. The first-order valence-electron chi connectivity index (χ1n) is 27.3. The lowest BCUT2D eigenvalue weighted by Gasteiger charge is -2.15. The molecule has 434 valence electrons. The Morgan fingerprint density at radius 1 is 0.541 bits per heavy atom. The van der Waals surface area contributed by atoms with Gasteiger partial charge in [0.1, 0.15) is 48.0 Å². The van der Waals surface area contributed by atoms with Crippen molar-refractivity contribution in [2.24, 2.45) is 4.99 Å². The number of nitrogens with two attached hydrogens (primary N) is 1. The van der Waals surface area contributed by atoms with Crippen LogP contribution in [0.5, 0.6) is 11.5 Å². The minimum absolute atomic E-state index is 0.184. The Bertz CT molecular complexity index is 4040. The number of benzene rings is 6. The van der Waals surface area contributed by atoms with Crippen LogP contribution in [-0.4, -0.2) is 60.6 Å². The van der Waals surface area contributed by atoms with Crippen LogP contribution in [0.4, 0.5) is 44.2 Å². The summed E-state index contributed by atoms with van der Waals surface area (Å²) >= 11 is 0. The average Bonchev–Trinajstić information content (AvgIpc) is 2.50. The number of ether oxygens (including phenoxy) is 2. The number of amides is 5. The fourth-order valence-electron chi connectivity index (χ4n) is 8.71. The van der Waals surface area contributed by atoms with Gasteiger partial charge in [-0.2, -0.15) is 10.2 Å². The predicted octanol–water partition coefficient (Wildman–Crippen LogP) is 14.0. The van der Waals surface area contributed by atoms with Crippen molar-refractivity contribution < 1.29 is 28.7 Å². The summed E-state index contributed by atoms with van der Waals surface area (Å²) < 4.78 is 15.8. The lowest BCUT2D eigenvalue weighted by Crippen LogP contribution is -2.21. The zero-order chi connectivity index (χ0) is 60.8. The quantitative estimate of drug-likeness (QED) is 0.0468. The van der Waals surface area contributed by atoms with Crippen LogP contribution < -0.4 is 41.8 Å². The highest BCUT2D eigenvalue weighted by Crippen LogP contribution is 2.35. The normalized spacial score (nSPS) is 11.0. The van der Waals surface area contributed by atoms with Crippen LogP contribution in [0.3, 0.4) is 0 Å². The van der Waals surface area contributed by atoms with Crippen molar-refractivity contribution in [2.75, 3.05) is 39.4 Å². The SMILES string of the molecule is CC(=O)Nc1cc(COc2ccc(NC(=O)Nc3cc(C(C)(C)C)nn3-c3ccc(C)cc3)c3ccccc23)ccn1.CN=C=O.Cc1ccc(-n2nc(C(C)(C)C)cc2NC(=O)Nc2ccc(OCc3ccnc(N)c3)c3ccccc23)cc1. The summed E-state index contributed by atoms with van der Waals surface area (Å²) in [6, 6.07) is 49.3. The van der Waals surface area contributed by atoms with Crippen LogP contribution in [-0.2, 0) is 33.6 Å². The molecule has 0 radical (unpaired) electrons. The molecule has 0 unspecified atom stereocenters. The molecule has 10 aromatic rings. The zero-order valence-corrected chi connectivity index (χ0v) is 49.2. The van der Waals surface area contributed by atoms with Crippen LogP contribution in [0.15, 0.2) is 175 Å². The lowest BCUT2D eigenvalue weighted by atomic mass is 9.92. The number of nitrogen functional groups attached to an aromatic ring is 1. The van der Waals surface area contributed by atoms with Crippen molar-refractivity contribution in [1.82, 2.24) is 29.5 Å². The molecule has 0 spiro atoms. The van der Waals surface area contributed by atoms with Gasteiger partial charge in [0, 0.05) is 70.9 Å².